The first kappa shape index (κ1) is 22.7. The summed E-state index contributed by atoms with van der Waals surface area (Å²) in [6, 6.07) is 14.4. The van der Waals surface area contributed by atoms with E-state index in [1.807, 2.05) is 45.9 Å². The van der Waals surface area contributed by atoms with E-state index in [0.29, 0.717) is 29.5 Å². The van der Waals surface area contributed by atoms with Gasteiger partial charge in [0.2, 0.25) is 0 Å². The van der Waals surface area contributed by atoms with Gasteiger partial charge >= 0.3 is 0 Å². The molecule has 0 fully saturated rings. The van der Waals surface area contributed by atoms with Gasteiger partial charge in [0.1, 0.15) is 17.4 Å². The highest BCUT2D eigenvalue weighted by Gasteiger charge is 2.10. The Bertz CT molecular complexity index is 970. The summed E-state index contributed by atoms with van der Waals surface area (Å²) >= 11 is 0. The van der Waals surface area contributed by atoms with Crippen molar-refractivity contribution in [3.8, 4) is 11.8 Å². The zero-order valence-corrected chi connectivity index (χ0v) is 17.8. The van der Waals surface area contributed by atoms with Gasteiger partial charge in [-0.25, -0.2) is 0 Å². The minimum absolute atomic E-state index is 0.00467. The van der Waals surface area contributed by atoms with Crippen LogP contribution >= 0.6 is 0 Å². The van der Waals surface area contributed by atoms with Gasteiger partial charge in [-0.05, 0) is 66.8 Å². The molecule has 0 spiro atoms. The fourth-order valence-corrected chi connectivity index (χ4v) is 2.51. The first-order chi connectivity index (χ1) is 14.3. The van der Waals surface area contributed by atoms with Crippen molar-refractivity contribution in [2.75, 3.05) is 18.5 Å². The van der Waals surface area contributed by atoms with Crippen molar-refractivity contribution in [1.82, 2.24) is 5.32 Å². The normalized spacial score (nSPS) is 11.0. The number of hydrogen-bond donors (Lipinski definition) is 2. The summed E-state index contributed by atoms with van der Waals surface area (Å²) in [5.74, 6) is 0.261. The Balaban J connectivity index is 1.98. The van der Waals surface area contributed by atoms with Crippen LogP contribution in [0.1, 0.15) is 30.5 Å². The monoisotopic (exact) mass is 405 g/mol. The van der Waals surface area contributed by atoms with E-state index in [1.54, 1.807) is 30.3 Å². The molecule has 0 atom stereocenters. The Kier molecular flexibility index (Phi) is 8.18. The van der Waals surface area contributed by atoms with E-state index in [0.717, 1.165) is 11.1 Å². The van der Waals surface area contributed by atoms with Crippen LogP contribution in [0.3, 0.4) is 0 Å². The average Bonchev–Trinajstić information content (AvgIpc) is 2.72. The summed E-state index contributed by atoms with van der Waals surface area (Å²) in [5, 5.41) is 14.9. The van der Waals surface area contributed by atoms with Crippen molar-refractivity contribution < 1.29 is 14.3 Å². The minimum Gasteiger partial charge on any atom is -0.484 e. The van der Waals surface area contributed by atoms with E-state index in [-0.39, 0.29) is 18.1 Å². The molecule has 0 saturated heterocycles. The number of anilines is 1. The summed E-state index contributed by atoms with van der Waals surface area (Å²) in [4.78, 5) is 24.1. The Morgan fingerprint density at radius 2 is 1.80 bits per heavy atom. The fraction of sp³-hybridized carbons (Fsp3) is 0.292. The number of benzene rings is 2. The first-order valence-electron chi connectivity index (χ1n) is 9.78. The molecular weight excluding hydrogens is 378 g/mol. The maximum atomic E-state index is 12.4. The summed E-state index contributed by atoms with van der Waals surface area (Å²) in [6.45, 7) is 8.53. The number of amides is 2. The Hall–Kier alpha value is -3.59. The van der Waals surface area contributed by atoms with Gasteiger partial charge in [0.25, 0.3) is 11.8 Å². The van der Waals surface area contributed by atoms with Gasteiger partial charge in [-0.1, -0.05) is 32.0 Å². The van der Waals surface area contributed by atoms with E-state index in [1.165, 1.54) is 6.08 Å². The number of nitrogens with zero attached hydrogens (tertiary/aromatic N) is 1. The number of hydrogen-bond acceptors (Lipinski definition) is 4. The second-order valence-corrected chi connectivity index (χ2v) is 7.48. The quantitative estimate of drug-likeness (QED) is 0.513. The molecule has 0 bridgehead atoms. The molecule has 0 saturated carbocycles. The third-order valence-corrected chi connectivity index (χ3v) is 4.40. The molecule has 2 rings (SSSR count). The SMILES string of the molecule is Cc1ccc(NC(=O)/C(C#N)=C\c2ccc(OCC(=O)NCC(C)C)cc2)cc1C. The molecule has 2 N–H and O–H groups in total. The van der Waals surface area contributed by atoms with Gasteiger partial charge in [0.15, 0.2) is 6.61 Å². The second-order valence-electron chi connectivity index (χ2n) is 7.48. The van der Waals surface area contributed by atoms with Crippen LogP contribution in [0.4, 0.5) is 5.69 Å². The Morgan fingerprint density at radius 1 is 1.10 bits per heavy atom. The predicted molar refractivity (Wildman–Crippen MR) is 118 cm³/mol. The standard InChI is InChI=1S/C24H27N3O3/c1-16(2)14-26-23(28)15-30-22-9-6-19(7-10-22)12-20(13-25)24(29)27-21-8-5-17(3)18(4)11-21/h5-12,16H,14-15H2,1-4H3,(H,26,28)(H,27,29)/b20-12-. The molecule has 156 valence electrons. The number of ether oxygens (including phenoxy) is 1. The van der Waals surface area contributed by atoms with E-state index >= 15 is 0 Å². The maximum Gasteiger partial charge on any atom is 0.266 e. The number of nitrogens with one attached hydrogen (secondary N) is 2. The zero-order valence-electron chi connectivity index (χ0n) is 17.8. The zero-order chi connectivity index (χ0) is 22.1. The third-order valence-electron chi connectivity index (χ3n) is 4.40. The van der Waals surface area contributed by atoms with E-state index in [2.05, 4.69) is 10.6 Å². The summed E-state index contributed by atoms with van der Waals surface area (Å²) < 4.78 is 5.46. The van der Waals surface area contributed by atoms with Crippen LogP contribution < -0.4 is 15.4 Å². The van der Waals surface area contributed by atoms with Crippen molar-refractivity contribution in [3.05, 3.63) is 64.7 Å². The van der Waals surface area contributed by atoms with Crippen LogP contribution in [0.5, 0.6) is 5.75 Å². The molecule has 0 aliphatic heterocycles. The van der Waals surface area contributed by atoms with E-state index < -0.39 is 5.91 Å². The molecule has 0 aliphatic rings. The van der Waals surface area contributed by atoms with Crippen LogP contribution in [0.2, 0.25) is 0 Å². The third kappa shape index (κ3) is 7.10. The molecule has 0 unspecified atom stereocenters. The van der Waals surface area contributed by atoms with Gasteiger partial charge in [0.05, 0.1) is 0 Å². The number of carbonyl (C=O) groups is 2. The Labute approximate surface area is 177 Å². The summed E-state index contributed by atoms with van der Waals surface area (Å²) in [5.41, 5.74) is 3.50. The van der Waals surface area contributed by atoms with Crippen molar-refractivity contribution >= 4 is 23.6 Å². The van der Waals surface area contributed by atoms with Crippen molar-refractivity contribution in [3.63, 3.8) is 0 Å². The van der Waals surface area contributed by atoms with Crippen LogP contribution in [0.15, 0.2) is 48.0 Å². The van der Waals surface area contributed by atoms with Gasteiger partial charge in [-0.15, -0.1) is 0 Å². The molecule has 6 heteroatoms. The molecular formula is C24H27N3O3. The van der Waals surface area contributed by atoms with Crippen LogP contribution in [0.25, 0.3) is 6.08 Å². The fourth-order valence-electron chi connectivity index (χ4n) is 2.51. The highest BCUT2D eigenvalue weighted by molar-refractivity contribution is 6.09. The van der Waals surface area contributed by atoms with Gasteiger partial charge in [-0.3, -0.25) is 9.59 Å². The number of aryl methyl sites for hydroxylation is 2. The Morgan fingerprint density at radius 3 is 2.40 bits per heavy atom. The van der Waals surface area contributed by atoms with Gasteiger partial charge in [0, 0.05) is 12.2 Å². The lowest BCUT2D eigenvalue weighted by molar-refractivity contribution is -0.123. The topological polar surface area (TPSA) is 91.2 Å². The van der Waals surface area contributed by atoms with E-state index in [4.69, 9.17) is 4.74 Å². The molecule has 2 aromatic carbocycles. The molecule has 0 heterocycles. The largest absolute Gasteiger partial charge is 0.484 e. The first-order valence-corrected chi connectivity index (χ1v) is 9.78. The minimum atomic E-state index is -0.470. The molecule has 0 aliphatic carbocycles. The summed E-state index contributed by atoms with van der Waals surface area (Å²) in [7, 11) is 0. The van der Waals surface area contributed by atoms with Crippen LogP contribution in [-0.2, 0) is 9.59 Å². The molecule has 0 aromatic heterocycles. The van der Waals surface area contributed by atoms with Gasteiger partial charge in [-0.2, -0.15) is 5.26 Å². The van der Waals surface area contributed by atoms with Crippen molar-refractivity contribution in [2.24, 2.45) is 5.92 Å². The lowest BCUT2D eigenvalue weighted by Gasteiger charge is -2.09. The smallest absolute Gasteiger partial charge is 0.266 e. The number of rotatable bonds is 8. The molecule has 2 amide bonds. The predicted octanol–water partition coefficient (Wildman–Crippen LogP) is 4.00. The van der Waals surface area contributed by atoms with Crippen molar-refractivity contribution in [2.45, 2.75) is 27.7 Å². The molecule has 6 nitrogen and oxygen atoms in total. The van der Waals surface area contributed by atoms with Crippen molar-refractivity contribution in [1.29, 1.82) is 5.26 Å². The van der Waals surface area contributed by atoms with E-state index in [9.17, 15) is 14.9 Å². The summed E-state index contributed by atoms with van der Waals surface area (Å²) in [6.07, 6.45) is 1.51. The molecule has 2 aromatic rings. The number of carbonyl (C=O) groups excluding carboxylic acids is 2. The highest BCUT2D eigenvalue weighted by atomic mass is 16.5. The second kappa shape index (κ2) is 10.8. The van der Waals surface area contributed by atoms with Crippen LogP contribution in [-0.4, -0.2) is 25.0 Å². The lowest BCUT2D eigenvalue weighted by atomic mass is 10.1. The maximum absolute atomic E-state index is 12.4. The highest BCUT2D eigenvalue weighted by Crippen LogP contribution is 2.17. The number of nitriles is 1. The molecule has 0 radical (unpaired) electrons. The molecule has 30 heavy (non-hydrogen) atoms. The lowest BCUT2D eigenvalue weighted by Crippen LogP contribution is -2.31. The van der Waals surface area contributed by atoms with Crippen LogP contribution in [0, 0.1) is 31.1 Å². The average molecular weight is 405 g/mol. The van der Waals surface area contributed by atoms with Gasteiger partial charge < -0.3 is 15.4 Å².